The molecule has 210 valence electrons. The van der Waals surface area contributed by atoms with Gasteiger partial charge in [-0.1, -0.05) is 38.1 Å². The van der Waals surface area contributed by atoms with Crippen molar-refractivity contribution in [2.24, 2.45) is 11.7 Å². The first-order chi connectivity index (χ1) is 18.1. The number of carbonyl (C=O) groups is 1. The lowest BCUT2D eigenvalue weighted by molar-refractivity contribution is -0.161. The molecular weight excluding hydrogens is 495 g/mol. The standard InChI is InChI=1S/C28H40F3N5O2/c1-19(2)16-25(35-26(28(29,30)31)22-6-4-21(17-32)5-7-22)27(37)34-20(3)18-33-23-8-10-24(11-9-23)36-12-14-38-15-13-36/h4-11,19-20,25-26,33,35H,12-18,32H2,1-3H3,(H,34,37)/t20-,25?,26-/m0/s1. The zero-order valence-electron chi connectivity index (χ0n) is 22.4. The maximum absolute atomic E-state index is 14.0. The molecule has 7 nitrogen and oxygen atoms in total. The van der Waals surface area contributed by atoms with E-state index in [4.69, 9.17) is 10.5 Å². The van der Waals surface area contributed by atoms with Gasteiger partial charge < -0.3 is 26.0 Å². The molecule has 10 heteroatoms. The first-order valence-corrected chi connectivity index (χ1v) is 13.2. The summed E-state index contributed by atoms with van der Waals surface area (Å²) in [6.45, 7) is 9.41. The largest absolute Gasteiger partial charge is 0.407 e. The van der Waals surface area contributed by atoms with Gasteiger partial charge in [0.05, 0.1) is 19.3 Å². The van der Waals surface area contributed by atoms with Crippen molar-refractivity contribution < 1.29 is 22.7 Å². The van der Waals surface area contributed by atoms with Crippen molar-refractivity contribution in [2.45, 2.75) is 58.0 Å². The SMILES string of the molecule is CC(C)CC(N[C@@H](c1ccc(CN)cc1)C(F)(F)F)C(=O)N[C@@H](C)CNc1ccc(N2CCOCC2)cc1. The molecule has 1 aliphatic rings. The van der Waals surface area contributed by atoms with E-state index in [1.54, 1.807) is 12.1 Å². The number of ether oxygens (including phenoxy) is 1. The Morgan fingerprint density at radius 1 is 1.03 bits per heavy atom. The molecule has 2 aromatic rings. The van der Waals surface area contributed by atoms with Crippen LogP contribution in [0.25, 0.3) is 0 Å². The van der Waals surface area contributed by atoms with Crippen LogP contribution in [0, 0.1) is 5.92 Å². The van der Waals surface area contributed by atoms with E-state index in [0.29, 0.717) is 19.8 Å². The predicted molar refractivity (Wildman–Crippen MR) is 145 cm³/mol. The molecule has 0 aliphatic carbocycles. The van der Waals surface area contributed by atoms with Crippen LogP contribution in [-0.4, -0.2) is 57.0 Å². The van der Waals surface area contributed by atoms with Gasteiger partial charge in [-0.25, -0.2) is 0 Å². The van der Waals surface area contributed by atoms with Crippen molar-refractivity contribution in [3.8, 4) is 0 Å². The van der Waals surface area contributed by atoms with Crippen molar-refractivity contribution in [1.82, 2.24) is 10.6 Å². The number of nitrogens with one attached hydrogen (secondary N) is 3. The summed E-state index contributed by atoms with van der Waals surface area (Å²) in [4.78, 5) is 15.4. The second kappa shape index (κ2) is 13.8. The van der Waals surface area contributed by atoms with Gasteiger partial charge in [-0.3, -0.25) is 10.1 Å². The van der Waals surface area contributed by atoms with Gasteiger partial charge in [0.1, 0.15) is 6.04 Å². The normalized spacial score (nSPS) is 16.7. The van der Waals surface area contributed by atoms with Crippen LogP contribution in [0.1, 0.15) is 44.4 Å². The Morgan fingerprint density at radius 3 is 2.21 bits per heavy atom. The first-order valence-electron chi connectivity index (χ1n) is 13.2. The lowest BCUT2D eigenvalue weighted by Gasteiger charge is -2.29. The fraction of sp³-hybridized carbons (Fsp3) is 0.536. The molecule has 3 atom stereocenters. The van der Waals surface area contributed by atoms with Gasteiger partial charge in [0, 0.05) is 43.6 Å². The fourth-order valence-corrected chi connectivity index (χ4v) is 4.43. The summed E-state index contributed by atoms with van der Waals surface area (Å²) in [5.74, 6) is -0.436. The molecule has 0 bridgehead atoms. The quantitative estimate of drug-likeness (QED) is 0.326. The molecule has 0 radical (unpaired) electrons. The number of hydrogen-bond acceptors (Lipinski definition) is 6. The van der Waals surface area contributed by atoms with E-state index < -0.39 is 24.2 Å². The highest BCUT2D eigenvalue weighted by Crippen LogP contribution is 2.33. The number of anilines is 2. The van der Waals surface area contributed by atoms with Crippen molar-refractivity contribution in [1.29, 1.82) is 0 Å². The van der Waals surface area contributed by atoms with E-state index in [1.807, 2.05) is 45.0 Å². The molecular formula is C28H40F3N5O2. The molecule has 1 amide bonds. The van der Waals surface area contributed by atoms with Gasteiger partial charge in [-0.15, -0.1) is 0 Å². The number of amides is 1. The number of rotatable bonds is 12. The van der Waals surface area contributed by atoms with Crippen LogP contribution in [0.3, 0.4) is 0 Å². The number of benzene rings is 2. The summed E-state index contributed by atoms with van der Waals surface area (Å²) in [5, 5.41) is 8.76. The molecule has 1 fully saturated rings. The molecule has 0 saturated carbocycles. The molecule has 1 aliphatic heterocycles. The molecule has 5 N–H and O–H groups in total. The molecule has 2 aromatic carbocycles. The van der Waals surface area contributed by atoms with Crippen LogP contribution < -0.4 is 26.6 Å². The smallest absolute Gasteiger partial charge is 0.383 e. The Labute approximate surface area is 223 Å². The van der Waals surface area contributed by atoms with Crippen LogP contribution in [0.5, 0.6) is 0 Å². The van der Waals surface area contributed by atoms with Crippen molar-refractivity contribution >= 4 is 17.3 Å². The van der Waals surface area contributed by atoms with E-state index in [-0.39, 0.29) is 30.5 Å². The molecule has 38 heavy (non-hydrogen) atoms. The van der Waals surface area contributed by atoms with Crippen molar-refractivity contribution in [3.63, 3.8) is 0 Å². The maximum Gasteiger partial charge on any atom is 0.407 e. The van der Waals surface area contributed by atoms with Crippen LogP contribution in [0.4, 0.5) is 24.5 Å². The van der Waals surface area contributed by atoms with E-state index in [1.165, 1.54) is 12.1 Å². The average molecular weight is 536 g/mol. The van der Waals surface area contributed by atoms with E-state index in [0.717, 1.165) is 30.0 Å². The highest BCUT2D eigenvalue weighted by atomic mass is 19.4. The Bertz CT molecular complexity index is 993. The van der Waals surface area contributed by atoms with Crippen LogP contribution in [0.15, 0.2) is 48.5 Å². The number of hydrogen-bond donors (Lipinski definition) is 4. The molecule has 0 aromatic heterocycles. The third-order valence-corrected chi connectivity index (χ3v) is 6.51. The van der Waals surface area contributed by atoms with Gasteiger partial charge in [0.2, 0.25) is 5.91 Å². The summed E-state index contributed by atoms with van der Waals surface area (Å²) in [6, 6.07) is 10.7. The predicted octanol–water partition coefficient (Wildman–Crippen LogP) is 4.21. The number of halogens is 3. The molecule has 1 heterocycles. The molecule has 3 rings (SSSR count). The Hall–Kier alpha value is -2.82. The summed E-state index contributed by atoms with van der Waals surface area (Å²) in [6.07, 6.45) is -4.30. The van der Waals surface area contributed by atoms with Gasteiger partial charge in [0.15, 0.2) is 0 Å². The first kappa shape index (κ1) is 29.7. The Kier molecular flexibility index (Phi) is 10.8. The Balaban J connectivity index is 1.60. The topological polar surface area (TPSA) is 91.6 Å². The van der Waals surface area contributed by atoms with Crippen LogP contribution >= 0.6 is 0 Å². The number of carbonyl (C=O) groups excluding carboxylic acids is 1. The van der Waals surface area contributed by atoms with Crippen molar-refractivity contribution in [3.05, 3.63) is 59.7 Å². The number of nitrogens with zero attached hydrogens (tertiary/aromatic N) is 1. The lowest BCUT2D eigenvalue weighted by atomic mass is 9.98. The minimum absolute atomic E-state index is 0.0187. The summed E-state index contributed by atoms with van der Waals surface area (Å²) >= 11 is 0. The number of morpholine rings is 1. The van der Waals surface area contributed by atoms with E-state index >= 15 is 0 Å². The zero-order chi connectivity index (χ0) is 27.7. The zero-order valence-corrected chi connectivity index (χ0v) is 22.4. The highest BCUT2D eigenvalue weighted by Gasteiger charge is 2.43. The van der Waals surface area contributed by atoms with Crippen LogP contribution in [0.2, 0.25) is 0 Å². The summed E-state index contributed by atoms with van der Waals surface area (Å²) in [5.41, 5.74) is 8.39. The molecule has 0 spiro atoms. The lowest BCUT2D eigenvalue weighted by Crippen LogP contribution is -2.52. The van der Waals surface area contributed by atoms with Gasteiger partial charge in [-0.05, 0) is 54.7 Å². The minimum atomic E-state index is -4.57. The molecule has 1 unspecified atom stereocenters. The maximum atomic E-state index is 14.0. The summed E-state index contributed by atoms with van der Waals surface area (Å²) < 4.78 is 47.5. The number of alkyl halides is 3. The highest BCUT2D eigenvalue weighted by molar-refractivity contribution is 5.82. The van der Waals surface area contributed by atoms with Gasteiger partial charge in [0.25, 0.3) is 0 Å². The van der Waals surface area contributed by atoms with Gasteiger partial charge in [-0.2, -0.15) is 13.2 Å². The Morgan fingerprint density at radius 2 is 1.66 bits per heavy atom. The van der Waals surface area contributed by atoms with Gasteiger partial charge >= 0.3 is 6.18 Å². The second-order valence-corrected chi connectivity index (χ2v) is 10.2. The third-order valence-electron chi connectivity index (χ3n) is 6.51. The van der Waals surface area contributed by atoms with E-state index in [9.17, 15) is 18.0 Å². The summed E-state index contributed by atoms with van der Waals surface area (Å²) in [7, 11) is 0. The second-order valence-electron chi connectivity index (χ2n) is 10.2. The molecule has 1 saturated heterocycles. The third kappa shape index (κ3) is 8.89. The minimum Gasteiger partial charge on any atom is -0.383 e. The monoisotopic (exact) mass is 535 g/mol. The van der Waals surface area contributed by atoms with E-state index in [2.05, 4.69) is 20.9 Å². The van der Waals surface area contributed by atoms with Crippen LogP contribution in [-0.2, 0) is 16.1 Å². The van der Waals surface area contributed by atoms with Crippen molar-refractivity contribution in [2.75, 3.05) is 43.1 Å². The number of nitrogens with two attached hydrogens (primary N) is 1. The fourth-order valence-electron chi connectivity index (χ4n) is 4.43. The average Bonchev–Trinajstić information content (AvgIpc) is 2.90.